The second-order valence-corrected chi connectivity index (χ2v) is 8.42. The Morgan fingerprint density at radius 2 is 1.19 bits per heavy atom. The fourth-order valence-electron chi connectivity index (χ4n) is 4.26. The number of rotatable bonds is 6. The molecule has 0 spiro atoms. The normalized spacial score (nSPS) is 16.0. The van der Waals surface area contributed by atoms with Gasteiger partial charge < -0.3 is 20.4 Å². The lowest BCUT2D eigenvalue weighted by Gasteiger charge is -2.26. The minimum Gasteiger partial charge on any atom is -0.376 e. The van der Waals surface area contributed by atoms with Gasteiger partial charge in [-0.15, -0.1) is 0 Å². The maximum atomic E-state index is 12.7. The third-order valence-electron chi connectivity index (χ3n) is 5.99. The molecule has 2 fully saturated rings. The van der Waals surface area contributed by atoms with Crippen molar-refractivity contribution < 1.29 is 14.4 Å². The third kappa shape index (κ3) is 5.46. The Bertz CT molecular complexity index is 979. The van der Waals surface area contributed by atoms with E-state index in [0.717, 1.165) is 57.5 Å². The Hall–Kier alpha value is -3.35. The molecule has 2 heterocycles. The molecule has 3 amide bonds. The molecular weight excluding hydrogens is 404 g/mol. The van der Waals surface area contributed by atoms with Crippen LogP contribution < -0.4 is 10.6 Å². The highest BCUT2D eigenvalue weighted by molar-refractivity contribution is 5.98. The van der Waals surface area contributed by atoms with Gasteiger partial charge in [-0.05, 0) is 68.5 Å². The van der Waals surface area contributed by atoms with E-state index < -0.39 is 0 Å². The summed E-state index contributed by atoms with van der Waals surface area (Å²) >= 11 is 0. The molecule has 2 N–H and O–H groups in total. The van der Waals surface area contributed by atoms with Crippen molar-refractivity contribution in [2.45, 2.75) is 32.1 Å². The van der Waals surface area contributed by atoms with Crippen molar-refractivity contribution in [1.29, 1.82) is 0 Å². The molecule has 0 bridgehead atoms. The number of nitrogens with one attached hydrogen (secondary N) is 2. The number of nitrogens with zero attached hydrogens (tertiary/aromatic N) is 2. The Labute approximate surface area is 188 Å². The van der Waals surface area contributed by atoms with Gasteiger partial charge in [0, 0.05) is 48.7 Å². The smallest absolute Gasteiger partial charge is 0.253 e. The van der Waals surface area contributed by atoms with E-state index in [0.29, 0.717) is 16.8 Å². The molecule has 7 heteroatoms. The first-order valence-corrected chi connectivity index (χ1v) is 11.4. The monoisotopic (exact) mass is 434 g/mol. The summed E-state index contributed by atoms with van der Waals surface area (Å²) in [6.07, 6.45) is 5.35. The lowest BCUT2D eigenvalue weighted by Crippen LogP contribution is -2.35. The van der Waals surface area contributed by atoms with Crippen LogP contribution in [0.3, 0.4) is 0 Å². The molecule has 2 aliphatic rings. The van der Waals surface area contributed by atoms with Crippen LogP contribution in [0.5, 0.6) is 0 Å². The first kappa shape index (κ1) is 21.9. The number of carbonyl (C=O) groups excluding carboxylic acids is 3. The first-order chi connectivity index (χ1) is 15.6. The van der Waals surface area contributed by atoms with Crippen LogP contribution in [0.1, 0.15) is 52.8 Å². The van der Waals surface area contributed by atoms with Crippen LogP contribution in [0.2, 0.25) is 0 Å². The SMILES string of the molecule is O=C(CNc1cccc(C(=O)N2CCCC2)c1)Nc1cccc(C(=O)N2CCCCC2)c1. The van der Waals surface area contributed by atoms with Gasteiger partial charge in [-0.1, -0.05) is 12.1 Å². The molecule has 0 radical (unpaired) electrons. The number of likely N-dealkylation sites (tertiary alicyclic amines) is 2. The van der Waals surface area contributed by atoms with Crippen LogP contribution in [-0.4, -0.2) is 60.2 Å². The van der Waals surface area contributed by atoms with E-state index in [4.69, 9.17) is 0 Å². The van der Waals surface area contributed by atoms with Gasteiger partial charge in [-0.2, -0.15) is 0 Å². The molecule has 0 saturated carbocycles. The van der Waals surface area contributed by atoms with E-state index in [1.807, 2.05) is 21.9 Å². The highest BCUT2D eigenvalue weighted by atomic mass is 16.2. The molecule has 0 aromatic heterocycles. The van der Waals surface area contributed by atoms with Crippen LogP contribution >= 0.6 is 0 Å². The van der Waals surface area contributed by atoms with Crippen molar-refractivity contribution >= 4 is 29.1 Å². The second-order valence-electron chi connectivity index (χ2n) is 8.42. The average Bonchev–Trinajstić information content (AvgIpc) is 3.38. The van der Waals surface area contributed by atoms with Crippen LogP contribution in [0, 0.1) is 0 Å². The van der Waals surface area contributed by atoms with Crippen molar-refractivity contribution in [2.75, 3.05) is 43.4 Å². The number of hydrogen-bond donors (Lipinski definition) is 2. The molecule has 0 unspecified atom stereocenters. The first-order valence-electron chi connectivity index (χ1n) is 11.4. The number of hydrogen-bond acceptors (Lipinski definition) is 4. The van der Waals surface area contributed by atoms with Crippen LogP contribution in [0.25, 0.3) is 0 Å². The number of benzene rings is 2. The second kappa shape index (κ2) is 10.3. The number of carbonyl (C=O) groups is 3. The number of anilines is 2. The maximum absolute atomic E-state index is 12.7. The van der Waals surface area contributed by atoms with Crippen LogP contribution in [0.4, 0.5) is 11.4 Å². The van der Waals surface area contributed by atoms with E-state index in [1.165, 1.54) is 6.42 Å². The summed E-state index contributed by atoms with van der Waals surface area (Å²) in [6.45, 7) is 3.25. The van der Waals surface area contributed by atoms with Gasteiger partial charge in [0.1, 0.15) is 0 Å². The highest BCUT2D eigenvalue weighted by Gasteiger charge is 2.20. The highest BCUT2D eigenvalue weighted by Crippen LogP contribution is 2.18. The Morgan fingerprint density at radius 1 is 0.688 bits per heavy atom. The van der Waals surface area contributed by atoms with E-state index in [9.17, 15) is 14.4 Å². The largest absolute Gasteiger partial charge is 0.376 e. The maximum Gasteiger partial charge on any atom is 0.253 e. The van der Waals surface area contributed by atoms with Gasteiger partial charge in [-0.25, -0.2) is 0 Å². The average molecular weight is 435 g/mol. The topological polar surface area (TPSA) is 81.8 Å². The standard InChI is InChI=1S/C25H30N4O3/c30-23(18-26-21-10-6-8-19(16-21)24(31)29-14-4-5-15-29)27-22-11-7-9-20(17-22)25(32)28-12-2-1-3-13-28/h6-11,16-17,26H,1-5,12-15,18H2,(H,27,30). The Morgan fingerprint density at radius 3 is 1.78 bits per heavy atom. The quantitative estimate of drug-likeness (QED) is 0.728. The Balaban J connectivity index is 1.32. The molecule has 2 aliphatic heterocycles. The van der Waals surface area contributed by atoms with Crippen molar-refractivity contribution in [2.24, 2.45) is 0 Å². The van der Waals surface area contributed by atoms with Crippen molar-refractivity contribution in [1.82, 2.24) is 9.80 Å². The Kier molecular flexibility index (Phi) is 7.04. The molecule has 32 heavy (non-hydrogen) atoms. The lowest BCUT2D eigenvalue weighted by atomic mass is 10.1. The summed E-state index contributed by atoms with van der Waals surface area (Å²) in [4.78, 5) is 41.5. The summed E-state index contributed by atoms with van der Waals surface area (Å²) in [6, 6.07) is 14.3. The predicted molar refractivity (Wildman–Crippen MR) is 125 cm³/mol. The molecule has 2 aromatic carbocycles. The minimum atomic E-state index is -0.219. The van der Waals surface area contributed by atoms with Gasteiger partial charge in [0.15, 0.2) is 0 Å². The number of piperidine rings is 1. The van der Waals surface area contributed by atoms with E-state index in [-0.39, 0.29) is 24.3 Å². The zero-order valence-electron chi connectivity index (χ0n) is 18.3. The predicted octanol–water partition coefficient (Wildman–Crippen LogP) is 3.60. The molecule has 4 rings (SSSR count). The zero-order chi connectivity index (χ0) is 22.3. The third-order valence-corrected chi connectivity index (χ3v) is 5.99. The van der Waals surface area contributed by atoms with E-state index in [1.54, 1.807) is 36.4 Å². The van der Waals surface area contributed by atoms with Crippen molar-refractivity contribution in [3.8, 4) is 0 Å². The lowest BCUT2D eigenvalue weighted by molar-refractivity contribution is -0.114. The van der Waals surface area contributed by atoms with Gasteiger partial charge in [0.25, 0.3) is 11.8 Å². The molecule has 2 aromatic rings. The van der Waals surface area contributed by atoms with Crippen molar-refractivity contribution in [3.05, 3.63) is 59.7 Å². The summed E-state index contributed by atoms with van der Waals surface area (Å²) in [5, 5.41) is 5.93. The van der Waals surface area contributed by atoms with Crippen molar-refractivity contribution in [3.63, 3.8) is 0 Å². The molecule has 168 valence electrons. The van der Waals surface area contributed by atoms with Crippen LogP contribution in [0.15, 0.2) is 48.5 Å². The van der Waals surface area contributed by atoms with E-state index >= 15 is 0 Å². The van der Waals surface area contributed by atoms with Gasteiger partial charge in [0.05, 0.1) is 6.54 Å². The summed E-state index contributed by atoms with van der Waals surface area (Å²) in [5.41, 5.74) is 2.53. The molecular formula is C25H30N4O3. The van der Waals surface area contributed by atoms with Gasteiger partial charge >= 0.3 is 0 Å². The molecule has 2 saturated heterocycles. The molecule has 0 aliphatic carbocycles. The van der Waals surface area contributed by atoms with E-state index in [2.05, 4.69) is 10.6 Å². The summed E-state index contributed by atoms with van der Waals surface area (Å²) in [5.74, 6) is -0.173. The summed E-state index contributed by atoms with van der Waals surface area (Å²) in [7, 11) is 0. The number of amides is 3. The minimum absolute atomic E-state index is 0.0124. The fraction of sp³-hybridized carbons (Fsp3) is 0.400. The molecule has 7 nitrogen and oxygen atoms in total. The van der Waals surface area contributed by atoms with Gasteiger partial charge in [-0.3, -0.25) is 14.4 Å². The van der Waals surface area contributed by atoms with Gasteiger partial charge in [0.2, 0.25) is 5.91 Å². The molecule has 0 atom stereocenters. The zero-order valence-corrected chi connectivity index (χ0v) is 18.3. The van der Waals surface area contributed by atoms with Crippen LogP contribution in [-0.2, 0) is 4.79 Å². The summed E-state index contributed by atoms with van der Waals surface area (Å²) < 4.78 is 0. The fourth-order valence-corrected chi connectivity index (χ4v) is 4.26.